The van der Waals surface area contributed by atoms with Crippen molar-refractivity contribution < 1.29 is 9.63 Å². The molecule has 0 radical (unpaired) electrons. The monoisotopic (exact) mass is 290 g/mol. The van der Waals surface area contributed by atoms with E-state index in [1.165, 1.54) is 25.7 Å². The lowest BCUT2D eigenvalue weighted by atomic mass is 10.1. The van der Waals surface area contributed by atoms with Gasteiger partial charge in [-0.05, 0) is 31.4 Å². The van der Waals surface area contributed by atoms with Gasteiger partial charge >= 0.3 is 0 Å². The number of phenols is 1. The first-order valence-corrected chi connectivity index (χ1v) is 8.02. The molecule has 1 N–H and O–H groups in total. The van der Waals surface area contributed by atoms with Gasteiger partial charge in [-0.15, -0.1) is 0 Å². The second-order valence-corrected chi connectivity index (χ2v) is 6.49. The number of para-hydroxylation sites is 1. The molecule has 0 spiro atoms. The number of rotatable bonds is 4. The van der Waals surface area contributed by atoms with Gasteiger partial charge in [0.05, 0.1) is 11.3 Å². The molecule has 1 heterocycles. The molecule has 0 aliphatic heterocycles. The molecule has 2 aromatic rings. The molecular weight excluding hydrogens is 272 g/mol. The largest absolute Gasteiger partial charge is 0.507 e. The summed E-state index contributed by atoms with van der Waals surface area (Å²) in [7, 11) is 0. The number of benzene rings is 1. The van der Waals surface area contributed by atoms with E-state index in [0.717, 1.165) is 16.6 Å². The lowest BCUT2D eigenvalue weighted by Gasteiger charge is -2.05. The van der Waals surface area contributed by atoms with Crippen LogP contribution in [0.1, 0.15) is 37.1 Å². The predicted molar refractivity (Wildman–Crippen MR) is 79.7 cm³/mol. The zero-order valence-electron chi connectivity index (χ0n) is 11.5. The van der Waals surface area contributed by atoms with Crippen LogP contribution >= 0.6 is 11.8 Å². The third-order valence-corrected chi connectivity index (χ3v) is 5.05. The molecular formula is C15H18N2O2S. The number of phenolic OH excluding ortho intramolecular Hbond substituents is 1. The van der Waals surface area contributed by atoms with Crippen LogP contribution in [0.15, 0.2) is 22.7 Å². The lowest BCUT2D eigenvalue weighted by molar-refractivity contribution is 0.419. The minimum absolute atomic E-state index is 0.214. The summed E-state index contributed by atoms with van der Waals surface area (Å²) in [6, 6.07) is 5.53. The minimum Gasteiger partial charge on any atom is -0.507 e. The topological polar surface area (TPSA) is 59.2 Å². The molecule has 0 bridgehead atoms. The van der Waals surface area contributed by atoms with Crippen molar-refractivity contribution in [1.29, 1.82) is 0 Å². The highest BCUT2D eigenvalue weighted by Crippen LogP contribution is 2.33. The summed E-state index contributed by atoms with van der Waals surface area (Å²) in [5.41, 5.74) is 1.41. The Morgan fingerprint density at radius 1 is 1.35 bits per heavy atom. The van der Waals surface area contributed by atoms with Crippen molar-refractivity contribution in [3.05, 3.63) is 29.6 Å². The first kappa shape index (κ1) is 13.5. The van der Waals surface area contributed by atoms with Crippen LogP contribution in [0.5, 0.6) is 5.75 Å². The van der Waals surface area contributed by atoms with Crippen LogP contribution in [0.4, 0.5) is 0 Å². The number of aromatic hydroxyl groups is 1. The summed E-state index contributed by atoms with van der Waals surface area (Å²) in [5, 5.41) is 14.8. The van der Waals surface area contributed by atoms with Gasteiger partial charge in [-0.2, -0.15) is 16.7 Å². The summed E-state index contributed by atoms with van der Waals surface area (Å²) in [5.74, 6) is 2.10. The molecule has 106 valence electrons. The van der Waals surface area contributed by atoms with Crippen molar-refractivity contribution in [2.45, 2.75) is 43.6 Å². The smallest absolute Gasteiger partial charge is 0.261 e. The number of nitrogens with zero attached hydrogens (tertiary/aromatic N) is 2. The molecule has 1 aromatic carbocycles. The van der Waals surface area contributed by atoms with E-state index < -0.39 is 0 Å². The first-order chi connectivity index (χ1) is 9.74. The van der Waals surface area contributed by atoms with Crippen LogP contribution < -0.4 is 0 Å². The second-order valence-electron chi connectivity index (χ2n) is 5.20. The van der Waals surface area contributed by atoms with Gasteiger partial charge in [-0.3, -0.25) is 0 Å². The Hall–Kier alpha value is -1.49. The Morgan fingerprint density at radius 2 is 2.15 bits per heavy atom. The molecule has 4 nitrogen and oxygen atoms in total. The highest BCUT2D eigenvalue weighted by atomic mass is 32.2. The highest BCUT2D eigenvalue weighted by Gasteiger charge is 2.18. The van der Waals surface area contributed by atoms with E-state index in [0.29, 0.717) is 17.3 Å². The maximum Gasteiger partial charge on any atom is 0.261 e. The summed E-state index contributed by atoms with van der Waals surface area (Å²) < 4.78 is 5.27. The number of thioether (sulfide) groups is 1. The standard InChI is InChI=1S/C15H18N2O2S/c1-10-5-4-8-12(14(10)18)15-16-13(17-19-15)9-20-11-6-2-3-7-11/h4-5,8,11,18H,2-3,6-7,9H2,1H3. The molecule has 0 unspecified atom stereocenters. The Morgan fingerprint density at radius 3 is 2.95 bits per heavy atom. The first-order valence-electron chi connectivity index (χ1n) is 6.97. The van der Waals surface area contributed by atoms with Gasteiger partial charge < -0.3 is 9.63 Å². The van der Waals surface area contributed by atoms with Gasteiger partial charge in [-0.1, -0.05) is 30.1 Å². The zero-order valence-corrected chi connectivity index (χ0v) is 12.3. The van der Waals surface area contributed by atoms with Crippen molar-refractivity contribution >= 4 is 11.8 Å². The molecule has 1 aliphatic carbocycles. The normalized spacial score (nSPS) is 15.8. The molecule has 20 heavy (non-hydrogen) atoms. The number of hydrogen-bond donors (Lipinski definition) is 1. The molecule has 1 aromatic heterocycles. The van der Waals surface area contributed by atoms with Crippen LogP contribution in [-0.2, 0) is 5.75 Å². The van der Waals surface area contributed by atoms with E-state index >= 15 is 0 Å². The van der Waals surface area contributed by atoms with E-state index in [9.17, 15) is 5.11 Å². The van der Waals surface area contributed by atoms with Crippen molar-refractivity contribution in [2.75, 3.05) is 0 Å². The quantitative estimate of drug-likeness (QED) is 0.924. The van der Waals surface area contributed by atoms with E-state index in [4.69, 9.17) is 4.52 Å². The average molecular weight is 290 g/mol. The van der Waals surface area contributed by atoms with Gasteiger partial charge in [-0.25, -0.2) is 0 Å². The van der Waals surface area contributed by atoms with Gasteiger partial charge in [0.15, 0.2) is 5.82 Å². The van der Waals surface area contributed by atoms with E-state index in [1.54, 1.807) is 6.07 Å². The van der Waals surface area contributed by atoms with Crippen LogP contribution in [0.25, 0.3) is 11.5 Å². The summed E-state index contributed by atoms with van der Waals surface area (Å²) in [6.07, 6.45) is 5.28. The average Bonchev–Trinajstić information content (AvgIpc) is 3.10. The fraction of sp³-hybridized carbons (Fsp3) is 0.467. The molecule has 1 aliphatic rings. The fourth-order valence-corrected chi connectivity index (χ4v) is 3.67. The molecule has 0 amide bonds. The summed E-state index contributed by atoms with van der Waals surface area (Å²) in [6.45, 7) is 1.85. The van der Waals surface area contributed by atoms with Crippen LogP contribution in [0.2, 0.25) is 0 Å². The van der Waals surface area contributed by atoms with Crippen molar-refractivity contribution in [3.63, 3.8) is 0 Å². The van der Waals surface area contributed by atoms with Crippen molar-refractivity contribution in [1.82, 2.24) is 10.1 Å². The predicted octanol–water partition coefficient (Wildman–Crippen LogP) is 3.93. The molecule has 3 rings (SSSR count). The third kappa shape index (κ3) is 2.82. The third-order valence-electron chi connectivity index (χ3n) is 3.69. The molecule has 1 fully saturated rings. The summed E-state index contributed by atoms with van der Waals surface area (Å²) in [4.78, 5) is 4.38. The number of aromatic nitrogens is 2. The van der Waals surface area contributed by atoms with Crippen LogP contribution in [-0.4, -0.2) is 20.5 Å². The van der Waals surface area contributed by atoms with Gasteiger partial charge in [0.2, 0.25) is 0 Å². The van der Waals surface area contributed by atoms with Gasteiger partial charge in [0.25, 0.3) is 5.89 Å². The van der Waals surface area contributed by atoms with E-state index in [1.807, 2.05) is 30.8 Å². The Labute approximate surface area is 122 Å². The SMILES string of the molecule is Cc1cccc(-c2nc(CSC3CCCC3)no2)c1O. The Bertz CT molecular complexity index is 591. The van der Waals surface area contributed by atoms with Crippen molar-refractivity contribution in [2.24, 2.45) is 0 Å². The van der Waals surface area contributed by atoms with Gasteiger partial charge in [0, 0.05) is 5.25 Å². The fourth-order valence-electron chi connectivity index (χ4n) is 2.50. The molecule has 0 atom stereocenters. The van der Waals surface area contributed by atoms with Crippen LogP contribution in [0, 0.1) is 6.92 Å². The van der Waals surface area contributed by atoms with Crippen molar-refractivity contribution in [3.8, 4) is 17.2 Å². The minimum atomic E-state index is 0.214. The maximum absolute atomic E-state index is 10.0. The lowest BCUT2D eigenvalue weighted by Crippen LogP contribution is -1.95. The highest BCUT2D eigenvalue weighted by molar-refractivity contribution is 7.99. The maximum atomic E-state index is 10.0. The second kappa shape index (κ2) is 5.87. The molecule has 0 saturated heterocycles. The van der Waals surface area contributed by atoms with Gasteiger partial charge in [0.1, 0.15) is 5.75 Å². The molecule has 1 saturated carbocycles. The van der Waals surface area contributed by atoms with E-state index in [2.05, 4.69) is 10.1 Å². The zero-order chi connectivity index (χ0) is 13.9. The molecule has 5 heteroatoms. The number of aryl methyl sites for hydroxylation is 1. The number of hydrogen-bond acceptors (Lipinski definition) is 5. The Kier molecular flexibility index (Phi) is 3.96. The Balaban J connectivity index is 1.71. The van der Waals surface area contributed by atoms with Crippen LogP contribution in [0.3, 0.4) is 0 Å². The summed E-state index contributed by atoms with van der Waals surface area (Å²) >= 11 is 1.91. The van der Waals surface area contributed by atoms with E-state index in [-0.39, 0.29) is 5.75 Å².